The highest BCUT2D eigenvalue weighted by atomic mass is 16.1. The lowest BCUT2D eigenvalue weighted by atomic mass is 10.2. The van der Waals surface area contributed by atoms with Crippen molar-refractivity contribution in [3.05, 3.63) is 59.9 Å². The van der Waals surface area contributed by atoms with E-state index in [-0.39, 0.29) is 5.91 Å². The lowest BCUT2D eigenvalue weighted by molar-refractivity contribution is 0.102. The standard InChI is InChI=1S/C13H12N2O/c1-10-5-2-3-7-12(10)15-13(16)11-6-4-8-14-9-11/h2-9H,1H3,(H,15,16). The van der Waals surface area contributed by atoms with Gasteiger partial charge in [-0.2, -0.15) is 0 Å². The van der Waals surface area contributed by atoms with E-state index < -0.39 is 0 Å². The Kier molecular flexibility index (Phi) is 2.96. The average molecular weight is 212 g/mol. The van der Waals surface area contributed by atoms with Crippen molar-refractivity contribution in [2.24, 2.45) is 0 Å². The molecule has 16 heavy (non-hydrogen) atoms. The molecule has 1 aromatic carbocycles. The Morgan fingerprint density at radius 2 is 2.00 bits per heavy atom. The number of aryl methyl sites for hydroxylation is 1. The highest BCUT2D eigenvalue weighted by Gasteiger charge is 2.06. The molecule has 0 bridgehead atoms. The number of rotatable bonds is 2. The zero-order valence-corrected chi connectivity index (χ0v) is 8.97. The van der Waals surface area contributed by atoms with Gasteiger partial charge in [-0.1, -0.05) is 18.2 Å². The molecule has 2 rings (SSSR count). The van der Waals surface area contributed by atoms with Crippen molar-refractivity contribution >= 4 is 11.6 Å². The lowest BCUT2D eigenvalue weighted by Crippen LogP contribution is -2.12. The third-order valence-electron chi connectivity index (χ3n) is 2.32. The number of nitrogens with one attached hydrogen (secondary N) is 1. The first-order valence-electron chi connectivity index (χ1n) is 5.04. The Morgan fingerprint density at radius 3 is 2.69 bits per heavy atom. The summed E-state index contributed by atoms with van der Waals surface area (Å²) < 4.78 is 0. The van der Waals surface area contributed by atoms with E-state index in [0.29, 0.717) is 5.56 Å². The number of carbonyl (C=O) groups excluding carboxylic acids is 1. The summed E-state index contributed by atoms with van der Waals surface area (Å²) >= 11 is 0. The molecule has 0 radical (unpaired) electrons. The predicted molar refractivity (Wildman–Crippen MR) is 63.4 cm³/mol. The highest BCUT2D eigenvalue weighted by Crippen LogP contribution is 2.14. The smallest absolute Gasteiger partial charge is 0.257 e. The van der Waals surface area contributed by atoms with Crippen LogP contribution in [-0.2, 0) is 0 Å². The van der Waals surface area contributed by atoms with Crippen LogP contribution in [0.1, 0.15) is 15.9 Å². The molecule has 0 saturated heterocycles. The molecule has 1 amide bonds. The Bertz CT molecular complexity index is 494. The number of anilines is 1. The fraction of sp³-hybridized carbons (Fsp3) is 0.0769. The summed E-state index contributed by atoms with van der Waals surface area (Å²) in [6, 6.07) is 11.1. The van der Waals surface area contributed by atoms with Crippen molar-refractivity contribution in [1.29, 1.82) is 0 Å². The van der Waals surface area contributed by atoms with Crippen LogP contribution in [0.5, 0.6) is 0 Å². The molecule has 0 aliphatic carbocycles. The third-order valence-corrected chi connectivity index (χ3v) is 2.32. The summed E-state index contributed by atoms with van der Waals surface area (Å²) in [5.74, 6) is -0.137. The van der Waals surface area contributed by atoms with Crippen LogP contribution < -0.4 is 5.32 Å². The quantitative estimate of drug-likeness (QED) is 0.831. The maximum atomic E-state index is 11.8. The van der Waals surface area contributed by atoms with Crippen LogP contribution in [0.3, 0.4) is 0 Å². The van der Waals surface area contributed by atoms with E-state index in [9.17, 15) is 4.79 Å². The molecule has 0 aliphatic heterocycles. The number of aromatic nitrogens is 1. The van der Waals surface area contributed by atoms with Crippen molar-refractivity contribution in [3.8, 4) is 0 Å². The molecule has 3 nitrogen and oxygen atoms in total. The van der Waals surface area contributed by atoms with Crippen molar-refractivity contribution < 1.29 is 4.79 Å². The first kappa shape index (κ1) is 10.4. The van der Waals surface area contributed by atoms with Gasteiger partial charge in [0.25, 0.3) is 5.91 Å². The van der Waals surface area contributed by atoms with Gasteiger partial charge >= 0.3 is 0 Å². The lowest BCUT2D eigenvalue weighted by Gasteiger charge is -2.07. The average Bonchev–Trinajstić information content (AvgIpc) is 2.33. The summed E-state index contributed by atoms with van der Waals surface area (Å²) in [7, 11) is 0. The van der Waals surface area contributed by atoms with Gasteiger partial charge in [0.1, 0.15) is 0 Å². The molecule has 0 unspecified atom stereocenters. The van der Waals surface area contributed by atoms with Gasteiger partial charge in [0, 0.05) is 18.1 Å². The number of para-hydroxylation sites is 1. The van der Waals surface area contributed by atoms with Gasteiger partial charge in [-0.15, -0.1) is 0 Å². The fourth-order valence-corrected chi connectivity index (χ4v) is 1.40. The molecule has 0 saturated carbocycles. The maximum Gasteiger partial charge on any atom is 0.257 e. The Labute approximate surface area is 94.1 Å². The first-order chi connectivity index (χ1) is 7.77. The number of carbonyl (C=O) groups is 1. The van der Waals surface area contributed by atoms with Crippen LogP contribution in [0.15, 0.2) is 48.8 Å². The van der Waals surface area contributed by atoms with E-state index in [1.165, 1.54) is 0 Å². The van der Waals surface area contributed by atoms with E-state index in [1.807, 2.05) is 31.2 Å². The number of hydrogen-bond donors (Lipinski definition) is 1. The topological polar surface area (TPSA) is 42.0 Å². The minimum Gasteiger partial charge on any atom is -0.322 e. The number of amides is 1. The van der Waals surface area contributed by atoms with Crippen molar-refractivity contribution in [1.82, 2.24) is 4.98 Å². The van der Waals surface area contributed by atoms with Gasteiger partial charge in [0.2, 0.25) is 0 Å². The van der Waals surface area contributed by atoms with E-state index in [1.54, 1.807) is 24.5 Å². The Hall–Kier alpha value is -2.16. The number of benzene rings is 1. The van der Waals surface area contributed by atoms with Crippen LogP contribution in [0.25, 0.3) is 0 Å². The van der Waals surface area contributed by atoms with Crippen molar-refractivity contribution in [2.75, 3.05) is 5.32 Å². The monoisotopic (exact) mass is 212 g/mol. The van der Waals surface area contributed by atoms with Gasteiger partial charge in [0.05, 0.1) is 5.56 Å². The number of hydrogen-bond acceptors (Lipinski definition) is 2. The molecule has 80 valence electrons. The molecular weight excluding hydrogens is 200 g/mol. The summed E-state index contributed by atoms with van der Waals surface area (Å²) in [4.78, 5) is 15.7. The van der Waals surface area contributed by atoms with E-state index >= 15 is 0 Å². The van der Waals surface area contributed by atoms with Crippen LogP contribution >= 0.6 is 0 Å². The second-order valence-corrected chi connectivity index (χ2v) is 3.51. The van der Waals surface area contributed by atoms with Gasteiger partial charge in [-0.05, 0) is 30.7 Å². The summed E-state index contributed by atoms with van der Waals surface area (Å²) in [5.41, 5.74) is 2.43. The molecule has 3 heteroatoms. The van der Waals surface area contributed by atoms with Crippen molar-refractivity contribution in [3.63, 3.8) is 0 Å². The first-order valence-corrected chi connectivity index (χ1v) is 5.04. The number of pyridine rings is 1. The Balaban J connectivity index is 2.18. The van der Waals surface area contributed by atoms with Crippen LogP contribution in [-0.4, -0.2) is 10.9 Å². The van der Waals surface area contributed by atoms with Crippen LogP contribution in [0.4, 0.5) is 5.69 Å². The third kappa shape index (κ3) is 2.25. The normalized spacial score (nSPS) is 9.81. The highest BCUT2D eigenvalue weighted by molar-refractivity contribution is 6.04. The second-order valence-electron chi connectivity index (χ2n) is 3.51. The minimum atomic E-state index is -0.137. The Morgan fingerprint density at radius 1 is 1.19 bits per heavy atom. The molecule has 1 aromatic heterocycles. The van der Waals surface area contributed by atoms with Gasteiger partial charge < -0.3 is 5.32 Å². The largest absolute Gasteiger partial charge is 0.322 e. The molecule has 1 heterocycles. The molecule has 2 aromatic rings. The summed E-state index contributed by atoms with van der Waals surface area (Å²) in [6.07, 6.45) is 3.19. The van der Waals surface area contributed by atoms with E-state index in [2.05, 4.69) is 10.3 Å². The molecule has 0 fully saturated rings. The van der Waals surface area contributed by atoms with Crippen LogP contribution in [0.2, 0.25) is 0 Å². The molecule has 0 aliphatic rings. The zero-order valence-electron chi connectivity index (χ0n) is 8.97. The van der Waals surface area contributed by atoms with E-state index in [0.717, 1.165) is 11.3 Å². The molecule has 1 N–H and O–H groups in total. The van der Waals surface area contributed by atoms with Crippen LogP contribution in [0, 0.1) is 6.92 Å². The van der Waals surface area contributed by atoms with E-state index in [4.69, 9.17) is 0 Å². The second kappa shape index (κ2) is 4.57. The minimum absolute atomic E-state index is 0.137. The van der Waals surface area contributed by atoms with Gasteiger partial charge in [0.15, 0.2) is 0 Å². The van der Waals surface area contributed by atoms with Gasteiger partial charge in [-0.25, -0.2) is 0 Å². The van der Waals surface area contributed by atoms with Gasteiger partial charge in [-0.3, -0.25) is 9.78 Å². The zero-order chi connectivity index (χ0) is 11.4. The maximum absolute atomic E-state index is 11.8. The number of nitrogens with zero attached hydrogens (tertiary/aromatic N) is 1. The fourth-order valence-electron chi connectivity index (χ4n) is 1.40. The molecular formula is C13H12N2O. The summed E-state index contributed by atoms with van der Waals surface area (Å²) in [5, 5.41) is 2.85. The molecule has 0 spiro atoms. The summed E-state index contributed by atoms with van der Waals surface area (Å²) in [6.45, 7) is 1.96. The van der Waals surface area contributed by atoms with Crippen molar-refractivity contribution in [2.45, 2.75) is 6.92 Å². The SMILES string of the molecule is Cc1ccccc1NC(=O)c1cccnc1. The predicted octanol–water partition coefficient (Wildman–Crippen LogP) is 2.64. The molecule has 0 atom stereocenters.